The van der Waals surface area contributed by atoms with Gasteiger partial charge in [0.25, 0.3) is 0 Å². The van der Waals surface area contributed by atoms with Gasteiger partial charge in [-0.25, -0.2) is 0 Å². The Bertz CT molecular complexity index is 46.0. The minimum atomic E-state index is 2.03. The summed E-state index contributed by atoms with van der Waals surface area (Å²) in [5.41, 5.74) is 0. The summed E-state index contributed by atoms with van der Waals surface area (Å²) in [5.74, 6) is 0. The molecule has 0 aromatic carbocycles. The first-order valence-electron chi connectivity index (χ1n) is 0.586. The minimum absolute atomic E-state index is 2.03. The van der Waals surface area contributed by atoms with Crippen molar-refractivity contribution in [2.75, 3.05) is 0 Å². The van der Waals surface area contributed by atoms with Crippen molar-refractivity contribution in [3.8, 4) is 0 Å². The molecule has 0 bridgehead atoms. The van der Waals surface area contributed by atoms with Crippen LogP contribution in [0.2, 0.25) is 0 Å². The van der Waals surface area contributed by atoms with Gasteiger partial charge in [-0.1, -0.05) is 0 Å². The van der Waals surface area contributed by atoms with Crippen LogP contribution < -0.4 is 0 Å². The summed E-state index contributed by atoms with van der Waals surface area (Å²) >= 11 is 7.09. The monoisotopic (exact) mass is 114 g/mol. The van der Waals surface area contributed by atoms with Gasteiger partial charge in [-0.05, 0) is 0 Å². The van der Waals surface area contributed by atoms with Crippen LogP contribution in [0.3, 0.4) is 0 Å². The summed E-state index contributed by atoms with van der Waals surface area (Å²) in [4.78, 5) is 0. The first-order chi connectivity index (χ1) is 1.91. The van der Waals surface area contributed by atoms with Gasteiger partial charge in [0, 0.05) is 0 Å². The molecule has 0 N–H and O–H groups in total. The molecule has 0 fully saturated rings. The third kappa shape index (κ3) is 2.32. The van der Waals surface area contributed by atoms with Crippen molar-refractivity contribution in [2.24, 2.45) is 4.01 Å². The van der Waals surface area contributed by atoms with E-state index in [1.54, 1.807) is 0 Å². The second-order valence-electron chi connectivity index (χ2n) is 0.170. The van der Waals surface area contributed by atoms with E-state index in [-0.39, 0.29) is 0 Å². The molecule has 0 rings (SSSR count). The fourth-order valence-electron chi connectivity index (χ4n) is 0. The summed E-state index contributed by atoms with van der Waals surface area (Å²) in [5, 5.41) is 2.03. The van der Waals surface area contributed by atoms with Gasteiger partial charge in [0.05, 0.1) is 0 Å². The Morgan fingerprint density at radius 3 is 2.25 bits per heavy atom. The van der Waals surface area contributed by atoms with E-state index in [2.05, 4.69) is 32.5 Å². The molecule has 23 valence electrons. The van der Waals surface area contributed by atoms with E-state index in [4.69, 9.17) is 0 Å². The first-order valence-corrected chi connectivity index (χ1v) is 1.49. The van der Waals surface area contributed by atoms with Gasteiger partial charge in [0.15, 0.2) is 0 Å². The number of hydrogen-bond donors (Lipinski definition) is 0. The van der Waals surface area contributed by atoms with Crippen molar-refractivity contribution in [3.63, 3.8) is 0 Å². The van der Waals surface area contributed by atoms with E-state index in [1.165, 1.54) is 0 Å². The summed E-state index contributed by atoms with van der Waals surface area (Å²) in [6.07, 6.45) is 0. The number of isothiocyanates is 1. The van der Waals surface area contributed by atoms with E-state index in [1.807, 2.05) is 5.16 Å². The van der Waals surface area contributed by atoms with Crippen molar-refractivity contribution in [2.45, 2.75) is 0 Å². The Morgan fingerprint density at radius 1 is 2.00 bits per heavy atom. The van der Waals surface area contributed by atoms with Crippen molar-refractivity contribution in [1.82, 2.24) is 0 Å². The van der Waals surface area contributed by atoms with Crippen molar-refractivity contribution in [1.29, 1.82) is 0 Å². The van der Waals surface area contributed by atoms with Crippen LogP contribution in [0.1, 0.15) is 0 Å². The van der Waals surface area contributed by atoms with Gasteiger partial charge < -0.3 is 0 Å². The van der Waals surface area contributed by atoms with Crippen molar-refractivity contribution >= 4 is 17.4 Å². The van der Waals surface area contributed by atoms with Crippen LogP contribution in [-0.2, 0) is 16.2 Å². The summed E-state index contributed by atoms with van der Waals surface area (Å²) in [6, 6.07) is 0. The zero-order valence-electron chi connectivity index (χ0n) is 1.71. The van der Waals surface area contributed by atoms with Gasteiger partial charge in [0.1, 0.15) is 0 Å². The Labute approximate surface area is 38.1 Å². The normalized spacial score (nSPS) is 4.25. The third-order valence-electron chi connectivity index (χ3n) is 0.0323. The fraction of sp³-hybridized carbons (Fsp3) is 0. The van der Waals surface area contributed by atoms with Crippen LogP contribution in [-0.4, -0.2) is 5.16 Å². The molecule has 4 heavy (non-hydrogen) atoms. The topological polar surface area (TPSA) is 12.4 Å². The SMILES string of the molecule is S=C=[N][Fe]. The van der Waals surface area contributed by atoms with Crippen LogP contribution in [0.5, 0.6) is 0 Å². The van der Waals surface area contributed by atoms with Crippen LogP contribution >= 0.6 is 12.2 Å². The van der Waals surface area contributed by atoms with E-state index in [0.717, 1.165) is 0 Å². The zero-order valence-corrected chi connectivity index (χ0v) is 3.63. The molecule has 0 aromatic heterocycles. The number of rotatable bonds is 0. The summed E-state index contributed by atoms with van der Waals surface area (Å²) in [7, 11) is 0. The van der Waals surface area contributed by atoms with Gasteiger partial charge in [0.2, 0.25) is 0 Å². The first kappa shape index (κ1) is 4.32. The maximum absolute atomic E-state index is 4.07. The number of nitrogens with zero attached hydrogens (tertiary/aromatic N) is 1. The average molecular weight is 114 g/mol. The second kappa shape index (κ2) is 3.32. The third-order valence-corrected chi connectivity index (χ3v) is 0.399. The zero-order chi connectivity index (χ0) is 3.41. The quantitative estimate of drug-likeness (QED) is 0.254. The van der Waals surface area contributed by atoms with Crippen LogP contribution in [0.25, 0.3) is 0 Å². The predicted molar refractivity (Wildman–Crippen MR) is 15.0 cm³/mol. The number of thiocarbonyl (C=S) groups is 1. The molecule has 0 aliphatic carbocycles. The fourth-order valence-corrected chi connectivity index (χ4v) is 0. The average Bonchev–Trinajstić information content (AvgIpc) is 1.37. The van der Waals surface area contributed by atoms with E-state index < -0.39 is 0 Å². The maximum atomic E-state index is 4.07. The van der Waals surface area contributed by atoms with Gasteiger partial charge in [-0.3, -0.25) is 0 Å². The molecule has 0 amide bonds. The molecule has 0 aliphatic heterocycles. The summed E-state index contributed by atoms with van der Waals surface area (Å²) < 4.78 is 3.05. The standard InChI is InChI=1S/CNS.Fe/c2-1-3;/q-1;+1. The van der Waals surface area contributed by atoms with Gasteiger partial charge >= 0.3 is 37.6 Å². The van der Waals surface area contributed by atoms with E-state index in [9.17, 15) is 0 Å². The summed E-state index contributed by atoms with van der Waals surface area (Å²) in [6.45, 7) is 0. The molecule has 0 saturated carbocycles. The predicted octanol–water partition coefficient (Wildman–Crippen LogP) is 0.551. The van der Waals surface area contributed by atoms with Crippen LogP contribution in [0, 0.1) is 0 Å². The molecule has 0 aliphatic rings. The number of hydrogen-bond acceptors (Lipinski definition) is 2. The van der Waals surface area contributed by atoms with Gasteiger partial charge in [-0.2, -0.15) is 0 Å². The Kier molecular flexibility index (Phi) is 3.58. The van der Waals surface area contributed by atoms with E-state index >= 15 is 0 Å². The van der Waals surface area contributed by atoms with E-state index in [0.29, 0.717) is 0 Å². The van der Waals surface area contributed by atoms with Crippen LogP contribution in [0.15, 0.2) is 4.01 Å². The molecular formula is CFeNS. The molecule has 0 heterocycles. The van der Waals surface area contributed by atoms with Crippen LogP contribution in [0.4, 0.5) is 0 Å². The molecule has 0 unspecified atom stereocenters. The second-order valence-corrected chi connectivity index (χ2v) is 0.600. The van der Waals surface area contributed by atoms with Gasteiger partial charge in [-0.15, -0.1) is 0 Å². The molecule has 0 aromatic rings. The molecule has 3 heteroatoms. The molecule has 0 atom stereocenters. The van der Waals surface area contributed by atoms with Crippen molar-refractivity contribution in [3.05, 3.63) is 0 Å². The van der Waals surface area contributed by atoms with Crippen molar-refractivity contribution < 1.29 is 16.2 Å². The Hall–Kier alpha value is 0.319. The molecule has 0 spiro atoms. The molecular weight excluding hydrogens is 114 g/mol. The molecule has 0 radical (unpaired) electrons. The Balaban J connectivity index is 3.11. The molecule has 1 nitrogen and oxygen atoms in total. The molecule has 0 saturated heterocycles. The Morgan fingerprint density at radius 2 is 2.25 bits per heavy atom.